The Balaban J connectivity index is 2.27. The highest BCUT2D eigenvalue weighted by atomic mass is 79.9. The molecule has 0 aliphatic carbocycles. The number of H-pyrrole nitrogens is 1. The number of carbonyl (C=O) groups excluding carboxylic acids is 1. The molecule has 3 aromatic rings. The van der Waals surface area contributed by atoms with Crippen molar-refractivity contribution in [1.82, 2.24) is 4.98 Å². The van der Waals surface area contributed by atoms with Gasteiger partial charge in [-0.05, 0) is 40.2 Å². The second-order valence-corrected chi connectivity index (χ2v) is 5.32. The summed E-state index contributed by atoms with van der Waals surface area (Å²) in [6.45, 7) is 0. The highest BCUT2D eigenvalue weighted by Gasteiger charge is 2.21. The normalized spacial score (nSPS) is 10.5. The van der Waals surface area contributed by atoms with E-state index in [9.17, 15) is 14.4 Å². The quantitative estimate of drug-likeness (QED) is 0.710. The first-order chi connectivity index (χ1) is 10.1. The maximum atomic E-state index is 13.9. The van der Waals surface area contributed by atoms with Crippen LogP contribution < -0.4 is 0 Å². The average molecular weight is 343 g/mol. The average Bonchev–Trinajstić information content (AvgIpc) is 2.90. The Labute approximate surface area is 128 Å². The zero-order valence-electron chi connectivity index (χ0n) is 10.7. The number of ketones is 1. The molecule has 1 aromatic heterocycles. The van der Waals surface area contributed by atoms with Gasteiger partial charge in [0.15, 0.2) is 5.78 Å². The molecule has 0 atom stereocenters. The summed E-state index contributed by atoms with van der Waals surface area (Å²) in [6, 6.07) is 11.5. The van der Waals surface area contributed by atoms with Crippen molar-refractivity contribution < 1.29 is 9.18 Å². The van der Waals surface area contributed by atoms with Gasteiger partial charge >= 0.3 is 0 Å². The van der Waals surface area contributed by atoms with Crippen molar-refractivity contribution >= 4 is 32.6 Å². The summed E-state index contributed by atoms with van der Waals surface area (Å²) in [7, 11) is 0. The zero-order chi connectivity index (χ0) is 15.0. The SMILES string of the molecule is N#Cc1cccc2[nH]cc(C(=O)c3c(F)cccc3Br)c12. The number of nitrogens with zero attached hydrogens (tertiary/aromatic N) is 1. The number of nitriles is 1. The highest BCUT2D eigenvalue weighted by molar-refractivity contribution is 9.10. The molecule has 0 bridgehead atoms. The highest BCUT2D eigenvalue weighted by Crippen LogP contribution is 2.28. The Hall–Kier alpha value is -2.45. The smallest absolute Gasteiger partial charge is 0.199 e. The Morgan fingerprint density at radius 2 is 2.00 bits per heavy atom. The minimum absolute atomic E-state index is 0.0360. The second-order valence-electron chi connectivity index (χ2n) is 4.47. The van der Waals surface area contributed by atoms with Crippen LogP contribution in [0.2, 0.25) is 0 Å². The van der Waals surface area contributed by atoms with E-state index in [0.29, 0.717) is 20.9 Å². The fourth-order valence-corrected chi connectivity index (χ4v) is 2.83. The van der Waals surface area contributed by atoms with Crippen molar-refractivity contribution in [3.63, 3.8) is 0 Å². The first-order valence-electron chi connectivity index (χ1n) is 6.12. The van der Waals surface area contributed by atoms with E-state index in [1.165, 1.54) is 18.3 Å². The standard InChI is InChI=1S/C16H8BrFN2O/c17-11-4-2-5-12(18)15(11)16(21)10-8-20-13-6-1-3-9(7-19)14(10)13/h1-6,8,20H. The molecule has 0 amide bonds. The number of aromatic amines is 1. The Morgan fingerprint density at radius 3 is 2.71 bits per heavy atom. The topological polar surface area (TPSA) is 56.6 Å². The van der Waals surface area contributed by atoms with Crippen molar-refractivity contribution in [1.29, 1.82) is 5.26 Å². The van der Waals surface area contributed by atoms with E-state index in [2.05, 4.69) is 27.0 Å². The van der Waals surface area contributed by atoms with E-state index in [1.54, 1.807) is 24.3 Å². The predicted octanol–water partition coefficient (Wildman–Crippen LogP) is 4.17. The Kier molecular flexibility index (Phi) is 3.32. The summed E-state index contributed by atoms with van der Waals surface area (Å²) in [6.07, 6.45) is 1.51. The lowest BCUT2D eigenvalue weighted by molar-refractivity contribution is 0.103. The monoisotopic (exact) mass is 342 g/mol. The molecule has 0 unspecified atom stereocenters. The third kappa shape index (κ3) is 2.14. The van der Waals surface area contributed by atoms with Gasteiger partial charge < -0.3 is 4.98 Å². The van der Waals surface area contributed by atoms with Gasteiger partial charge in [0.1, 0.15) is 5.82 Å². The summed E-state index contributed by atoms with van der Waals surface area (Å²) in [5.41, 5.74) is 1.30. The molecule has 1 N–H and O–H groups in total. The molecule has 0 spiro atoms. The number of hydrogen-bond donors (Lipinski definition) is 1. The number of aromatic nitrogens is 1. The van der Waals surface area contributed by atoms with E-state index in [4.69, 9.17) is 0 Å². The minimum atomic E-state index is -0.599. The first kappa shape index (κ1) is 13.5. The number of halogens is 2. The maximum Gasteiger partial charge on any atom is 0.199 e. The molecule has 21 heavy (non-hydrogen) atoms. The zero-order valence-corrected chi connectivity index (χ0v) is 12.2. The lowest BCUT2D eigenvalue weighted by Crippen LogP contribution is -2.05. The van der Waals surface area contributed by atoms with Crippen molar-refractivity contribution in [3.8, 4) is 6.07 Å². The van der Waals surface area contributed by atoms with Crippen LogP contribution in [-0.4, -0.2) is 10.8 Å². The van der Waals surface area contributed by atoms with Crippen LogP contribution in [0.25, 0.3) is 10.9 Å². The summed E-state index contributed by atoms with van der Waals surface area (Å²) in [5.74, 6) is -1.06. The molecular weight excluding hydrogens is 335 g/mol. The molecule has 3 nitrogen and oxygen atoms in total. The van der Waals surface area contributed by atoms with Crippen molar-refractivity contribution in [3.05, 3.63) is 69.6 Å². The van der Waals surface area contributed by atoms with Crippen LogP contribution in [0.3, 0.4) is 0 Å². The van der Waals surface area contributed by atoms with Gasteiger partial charge in [-0.1, -0.05) is 12.1 Å². The molecule has 102 valence electrons. The molecule has 3 rings (SSSR count). The van der Waals surface area contributed by atoms with Crippen molar-refractivity contribution in [2.45, 2.75) is 0 Å². The molecule has 0 radical (unpaired) electrons. The number of hydrogen-bond acceptors (Lipinski definition) is 2. The minimum Gasteiger partial charge on any atom is -0.360 e. The third-order valence-electron chi connectivity index (χ3n) is 3.26. The summed E-state index contributed by atoms with van der Waals surface area (Å²) >= 11 is 3.20. The fourth-order valence-electron chi connectivity index (χ4n) is 2.31. The number of carbonyl (C=O) groups is 1. The van der Waals surface area contributed by atoms with E-state index < -0.39 is 11.6 Å². The number of fused-ring (bicyclic) bond motifs is 1. The third-order valence-corrected chi connectivity index (χ3v) is 3.92. The number of benzene rings is 2. The summed E-state index contributed by atoms with van der Waals surface area (Å²) < 4.78 is 14.3. The molecule has 0 fully saturated rings. The Bertz CT molecular complexity index is 888. The van der Waals surface area contributed by atoms with E-state index in [1.807, 2.05) is 0 Å². The lowest BCUT2D eigenvalue weighted by atomic mass is 9.99. The predicted molar refractivity (Wildman–Crippen MR) is 80.5 cm³/mol. The van der Waals surface area contributed by atoms with Gasteiger partial charge in [0.25, 0.3) is 0 Å². The largest absolute Gasteiger partial charge is 0.360 e. The van der Waals surface area contributed by atoms with Crippen LogP contribution in [0, 0.1) is 17.1 Å². The molecule has 0 aliphatic rings. The van der Waals surface area contributed by atoms with E-state index in [-0.39, 0.29) is 11.1 Å². The van der Waals surface area contributed by atoms with Gasteiger partial charge in [-0.15, -0.1) is 0 Å². The van der Waals surface area contributed by atoms with Gasteiger partial charge in [-0.25, -0.2) is 4.39 Å². The second kappa shape index (κ2) is 5.15. The molecule has 0 saturated heterocycles. The molecule has 0 aliphatic heterocycles. The molecule has 2 aromatic carbocycles. The first-order valence-corrected chi connectivity index (χ1v) is 6.91. The van der Waals surface area contributed by atoms with Crippen LogP contribution in [-0.2, 0) is 0 Å². The van der Waals surface area contributed by atoms with Crippen molar-refractivity contribution in [2.24, 2.45) is 0 Å². The number of rotatable bonds is 2. The van der Waals surface area contributed by atoms with Crippen LogP contribution in [0.4, 0.5) is 4.39 Å². The van der Waals surface area contributed by atoms with Crippen LogP contribution in [0.15, 0.2) is 47.1 Å². The molecule has 0 saturated carbocycles. The van der Waals surface area contributed by atoms with Gasteiger partial charge in [-0.2, -0.15) is 5.26 Å². The fraction of sp³-hybridized carbons (Fsp3) is 0. The van der Waals surface area contributed by atoms with Crippen LogP contribution >= 0.6 is 15.9 Å². The molecule has 1 heterocycles. The lowest BCUT2D eigenvalue weighted by Gasteiger charge is -2.05. The van der Waals surface area contributed by atoms with Gasteiger partial charge in [0, 0.05) is 27.1 Å². The van der Waals surface area contributed by atoms with E-state index in [0.717, 1.165) is 0 Å². The van der Waals surface area contributed by atoms with Crippen molar-refractivity contribution in [2.75, 3.05) is 0 Å². The maximum absolute atomic E-state index is 13.9. The van der Waals surface area contributed by atoms with Gasteiger partial charge in [0.05, 0.1) is 17.2 Å². The van der Waals surface area contributed by atoms with Crippen LogP contribution in [0.1, 0.15) is 21.5 Å². The Morgan fingerprint density at radius 1 is 1.24 bits per heavy atom. The van der Waals surface area contributed by atoms with Crippen LogP contribution in [0.5, 0.6) is 0 Å². The summed E-state index contributed by atoms with van der Waals surface area (Å²) in [4.78, 5) is 15.6. The van der Waals surface area contributed by atoms with Gasteiger partial charge in [-0.3, -0.25) is 4.79 Å². The molecular formula is C16H8BrFN2O. The van der Waals surface area contributed by atoms with E-state index >= 15 is 0 Å². The number of nitrogens with one attached hydrogen (secondary N) is 1. The molecule has 5 heteroatoms. The van der Waals surface area contributed by atoms with Gasteiger partial charge in [0.2, 0.25) is 0 Å². The summed E-state index contributed by atoms with van der Waals surface area (Å²) in [5, 5.41) is 9.70.